The Balaban J connectivity index is 1.77. The van der Waals surface area contributed by atoms with Crippen LogP contribution in [0.15, 0.2) is 24.3 Å². The van der Waals surface area contributed by atoms with Crippen molar-refractivity contribution in [2.24, 2.45) is 5.92 Å². The van der Waals surface area contributed by atoms with Crippen LogP contribution in [0.5, 0.6) is 0 Å². The molecule has 0 radical (unpaired) electrons. The highest BCUT2D eigenvalue weighted by molar-refractivity contribution is 5.80. The van der Waals surface area contributed by atoms with E-state index in [4.69, 9.17) is 0 Å². The van der Waals surface area contributed by atoms with Gasteiger partial charge in [0.2, 0.25) is 11.8 Å². The van der Waals surface area contributed by atoms with Crippen LogP contribution in [-0.2, 0) is 9.59 Å². The SMILES string of the molecule is CC(=O)N[C@@H]1CN(C(=O)C2CCCC2)C[C@H]1c1ccc(C)cc1. The second kappa shape index (κ2) is 6.73. The van der Waals surface area contributed by atoms with Gasteiger partial charge in [0.25, 0.3) is 0 Å². The molecule has 2 amide bonds. The number of hydrogen-bond acceptors (Lipinski definition) is 2. The van der Waals surface area contributed by atoms with E-state index in [1.807, 2.05) is 4.90 Å². The molecule has 1 N–H and O–H groups in total. The standard InChI is InChI=1S/C19H26N2O2/c1-13-7-9-15(10-8-13)17-11-21(12-18(17)20-14(2)22)19(23)16-5-3-4-6-16/h7-10,16-18H,3-6,11-12H2,1-2H3,(H,20,22)/t17-,18+/m0/s1. The molecule has 1 saturated carbocycles. The average molecular weight is 314 g/mol. The van der Waals surface area contributed by atoms with Gasteiger partial charge in [-0.2, -0.15) is 0 Å². The molecule has 1 heterocycles. The van der Waals surface area contributed by atoms with E-state index < -0.39 is 0 Å². The predicted octanol–water partition coefficient (Wildman–Crippen LogP) is 2.62. The smallest absolute Gasteiger partial charge is 0.225 e. The monoisotopic (exact) mass is 314 g/mol. The molecule has 1 saturated heterocycles. The molecule has 0 bridgehead atoms. The number of aryl methyl sites for hydroxylation is 1. The first kappa shape index (κ1) is 16.0. The van der Waals surface area contributed by atoms with Gasteiger partial charge in [-0.1, -0.05) is 42.7 Å². The summed E-state index contributed by atoms with van der Waals surface area (Å²) >= 11 is 0. The highest BCUT2D eigenvalue weighted by Gasteiger charge is 2.39. The first-order valence-electron chi connectivity index (χ1n) is 8.67. The Morgan fingerprint density at radius 1 is 1.09 bits per heavy atom. The molecule has 1 aromatic rings. The van der Waals surface area contributed by atoms with Gasteiger partial charge in [0, 0.05) is 31.8 Å². The molecule has 0 spiro atoms. The number of hydrogen-bond donors (Lipinski definition) is 1. The second-order valence-electron chi connectivity index (χ2n) is 7.05. The Kier molecular flexibility index (Phi) is 4.69. The van der Waals surface area contributed by atoms with Crippen LogP contribution in [0.2, 0.25) is 0 Å². The third kappa shape index (κ3) is 3.57. The summed E-state index contributed by atoms with van der Waals surface area (Å²) in [4.78, 5) is 26.2. The molecule has 4 nitrogen and oxygen atoms in total. The fraction of sp³-hybridized carbons (Fsp3) is 0.579. The summed E-state index contributed by atoms with van der Waals surface area (Å²) in [5.74, 6) is 0.643. The van der Waals surface area contributed by atoms with Gasteiger partial charge >= 0.3 is 0 Å². The van der Waals surface area contributed by atoms with Gasteiger partial charge in [0.05, 0.1) is 6.04 Å². The lowest BCUT2D eigenvalue weighted by atomic mass is 9.93. The minimum Gasteiger partial charge on any atom is -0.351 e. The van der Waals surface area contributed by atoms with Gasteiger partial charge in [-0.15, -0.1) is 0 Å². The van der Waals surface area contributed by atoms with Gasteiger partial charge in [-0.25, -0.2) is 0 Å². The van der Waals surface area contributed by atoms with E-state index in [-0.39, 0.29) is 29.7 Å². The Labute approximate surface area is 138 Å². The van der Waals surface area contributed by atoms with Crippen LogP contribution in [0.3, 0.4) is 0 Å². The number of nitrogens with one attached hydrogen (secondary N) is 1. The molecule has 2 fully saturated rings. The predicted molar refractivity (Wildman–Crippen MR) is 90.1 cm³/mol. The van der Waals surface area contributed by atoms with Crippen LogP contribution in [0.4, 0.5) is 0 Å². The normalized spacial score (nSPS) is 24.9. The van der Waals surface area contributed by atoms with E-state index in [0.29, 0.717) is 13.1 Å². The number of benzene rings is 1. The van der Waals surface area contributed by atoms with Crippen molar-refractivity contribution >= 4 is 11.8 Å². The first-order chi connectivity index (χ1) is 11.0. The number of rotatable bonds is 3. The molecule has 2 atom stereocenters. The maximum absolute atomic E-state index is 12.7. The molecule has 124 valence electrons. The topological polar surface area (TPSA) is 49.4 Å². The van der Waals surface area contributed by atoms with E-state index in [2.05, 4.69) is 36.5 Å². The van der Waals surface area contributed by atoms with Crippen molar-refractivity contribution in [3.8, 4) is 0 Å². The number of nitrogens with zero attached hydrogens (tertiary/aromatic N) is 1. The van der Waals surface area contributed by atoms with Crippen LogP contribution in [0, 0.1) is 12.8 Å². The van der Waals surface area contributed by atoms with Crippen LogP contribution < -0.4 is 5.32 Å². The van der Waals surface area contributed by atoms with E-state index in [1.165, 1.54) is 24.0 Å². The third-order valence-electron chi connectivity index (χ3n) is 5.23. The number of carbonyl (C=O) groups excluding carboxylic acids is 2. The third-order valence-corrected chi connectivity index (χ3v) is 5.23. The van der Waals surface area contributed by atoms with Gasteiger partial charge in [-0.3, -0.25) is 9.59 Å². The van der Waals surface area contributed by atoms with E-state index in [9.17, 15) is 9.59 Å². The van der Waals surface area contributed by atoms with Crippen LogP contribution in [-0.4, -0.2) is 35.8 Å². The molecule has 4 heteroatoms. The van der Waals surface area contributed by atoms with Crippen molar-refractivity contribution in [1.29, 1.82) is 0 Å². The zero-order valence-electron chi connectivity index (χ0n) is 14.0. The fourth-order valence-corrected chi connectivity index (χ4v) is 3.97. The summed E-state index contributed by atoms with van der Waals surface area (Å²) < 4.78 is 0. The Bertz CT molecular complexity index is 576. The van der Waals surface area contributed by atoms with E-state index >= 15 is 0 Å². The lowest BCUT2D eigenvalue weighted by Gasteiger charge is -2.20. The molecule has 23 heavy (non-hydrogen) atoms. The van der Waals surface area contributed by atoms with Crippen LogP contribution in [0.1, 0.15) is 49.7 Å². The Morgan fingerprint density at radius 2 is 1.74 bits per heavy atom. The Hall–Kier alpha value is -1.84. The quantitative estimate of drug-likeness (QED) is 0.932. The minimum absolute atomic E-state index is 0.0144. The molecule has 2 aliphatic rings. The van der Waals surface area contributed by atoms with Gasteiger partial charge in [-0.05, 0) is 25.3 Å². The molecule has 1 aliphatic carbocycles. The summed E-state index contributed by atoms with van der Waals surface area (Å²) in [6.07, 6.45) is 4.38. The average Bonchev–Trinajstić information content (AvgIpc) is 3.16. The summed E-state index contributed by atoms with van der Waals surface area (Å²) in [6, 6.07) is 8.46. The summed E-state index contributed by atoms with van der Waals surface area (Å²) in [6.45, 7) is 4.96. The first-order valence-corrected chi connectivity index (χ1v) is 8.67. The van der Waals surface area contributed by atoms with Crippen LogP contribution >= 0.6 is 0 Å². The fourth-order valence-electron chi connectivity index (χ4n) is 3.97. The summed E-state index contributed by atoms with van der Waals surface area (Å²) in [7, 11) is 0. The number of carbonyl (C=O) groups is 2. The van der Waals surface area contributed by atoms with Crippen molar-refractivity contribution in [3.63, 3.8) is 0 Å². The van der Waals surface area contributed by atoms with Crippen LogP contribution in [0.25, 0.3) is 0 Å². The molecule has 1 aromatic carbocycles. The van der Waals surface area contributed by atoms with Gasteiger partial charge in [0.15, 0.2) is 0 Å². The minimum atomic E-state index is -0.0257. The molecular formula is C19H26N2O2. The van der Waals surface area contributed by atoms with Gasteiger partial charge < -0.3 is 10.2 Å². The number of amides is 2. The lowest BCUT2D eigenvalue weighted by Crippen LogP contribution is -2.40. The number of likely N-dealkylation sites (tertiary alicyclic amines) is 1. The van der Waals surface area contributed by atoms with Crippen molar-refractivity contribution < 1.29 is 9.59 Å². The molecule has 3 rings (SSSR count). The van der Waals surface area contributed by atoms with Crippen molar-refractivity contribution in [1.82, 2.24) is 10.2 Å². The summed E-state index contributed by atoms with van der Waals surface area (Å²) in [5.41, 5.74) is 2.43. The van der Waals surface area contributed by atoms with E-state index in [0.717, 1.165) is 12.8 Å². The zero-order valence-corrected chi connectivity index (χ0v) is 14.0. The zero-order chi connectivity index (χ0) is 16.4. The molecule has 1 aliphatic heterocycles. The van der Waals surface area contributed by atoms with Crippen molar-refractivity contribution in [3.05, 3.63) is 35.4 Å². The van der Waals surface area contributed by atoms with Gasteiger partial charge in [0.1, 0.15) is 0 Å². The highest BCUT2D eigenvalue weighted by atomic mass is 16.2. The molecular weight excluding hydrogens is 288 g/mol. The lowest BCUT2D eigenvalue weighted by molar-refractivity contribution is -0.134. The highest BCUT2D eigenvalue weighted by Crippen LogP contribution is 2.32. The van der Waals surface area contributed by atoms with E-state index in [1.54, 1.807) is 6.92 Å². The second-order valence-corrected chi connectivity index (χ2v) is 7.05. The van der Waals surface area contributed by atoms with Crippen molar-refractivity contribution in [2.75, 3.05) is 13.1 Å². The maximum Gasteiger partial charge on any atom is 0.225 e. The maximum atomic E-state index is 12.7. The largest absolute Gasteiger partial charge is 0.351 e. The molecule has 0 unspecified atom stereocenters. The molecule has 0 aromatic heterocycles. The summed E-state index contributed by atoms with van der Waals surface area (Å²) in [5, 5.41) is 3.05. The Morgan fingerprint density at radius 3 is 2.35 bits per heavy atom. The van der Waals surface area contributed by atoms with Crippen molar-refractivity contribution in [2.45, 2.75) is 51.5 Å².